The Morgan fingerprint density at radius 3 is 2.77 bits per heavy atom. The highest BCUT2D eigenvalue weighted by atomic mass is 35.5. The van der Waals surface area contributed by atoms with Gasteiger partial charge in [-0.05, 0) is 35.7 Å². The molecule has 1 aliphatic heterocycles. The van der Waals surface area contributed by atoms with Crippen molar-refractivity contribution < 1.29 is 13.9 Å². The zero-order valence-electron chi connectivity index (χ0n) is 11.9. The fourth-order valence-corrected chi connectivity index (χ4v) is 2.75. The zero-order chi connectivity index (χ0) is 15.5. The van der Waals surface area contributed by atoms with Gasteiger partial charge in [-0.25, -0.2) is 4.39 Å². The number of rotatable bonds is 3. The van der Waals surface area contributed by atoms with E-state index in [2.05, 4.69) is 6.07 Å². The maximum absolute atomic E-state index is 13.0. The molecule has 0 unspecified atom stereocenters. The minimum Gasteiger partial charge on any atom is -0.482 e. The molecule has 0 aromatic heterocycles. The minimum atomic E-state index is -0.434. The molecule has 2 aromatic rings. The molecule has 0 atom stereocenters. The van der Waals surface area contributed by atoms with Crippen LogP contribution in [0.4, 0.5) is 4.39 Å². The first-order valence-corrected chi connectivity index (χ1v) is 7.43. The SMILES string of the molecule is O=C(COc1ccc(F)cc1Cl)N1CCc2ccccc2C1. The summed E-state index contributed by atoms with van der Waals surface area (Å²) >= 11 is 5.88. The summed E-state index contributed by atoms with van der Waals surface area (Å²) in [6, 6.07) is 12.0. The van der Waals surface area contributed by atoms with Crippen LogP contribution >= 0.6 is 11.6 Å². The van der Waals surface area contributed by atoms with Gasteiger partial charge in [0.25, 0.3) is 5.91 Å². The molecule has 1 amide bonds. The summed E-state index contributed by atoms with van der Waals surface area (Å²) in [6.07, 6.45) is 0.846. The topological polar surface area (TPSA) is 29.5 Å². The molecule has 0 radical (unpaired) electrons. The number of ether oxygens (including phenoxy) is 1. The largest absolute Gasteiger partial charge is 0.482 e. The van der Waals surface area contributed by atoms with E-state index in [0.717, 1.165) is 6.42 Å². The van der Waals surface area contributed by atoms with E-state index >= 15 is 0 Å². The summed E-state index contributed by atoms with van der Waals surface area (Å²) in [5.74, 6) is -0.222. The van der Waals surface area contributed by atoms with Gasteiger partial charge in [-0.3, -0.25) is 4.79 Å². The van der Waals surface area contributed by atoms with Gasteiger partial charge in [0, 0.05) is 13.1 Å². The van der Waals surface area contributed by atoms with Crippen LogP contribution in [0.25, 0.3) is 0 Å². The summed E-state index contributed by atoms with van der Waals surface area (Å²) < 4.78 is 18.4. The monoisotopic (exact) mass is 319 g/mol. The fourth-order valence-electron chi connectivity index (χ4n) is 2.53. The number of carbonyl (C=O) groups excluding carboxylic acids is 1. The lowest BCUT2D eigenvalue weighted by molar-refractivity contribution is -0.134. The standard InChI is InChI=1S/C17H15ClFNO2/c18-15-9-14(19)5-6-16(15)22-11-17(21)20-8-7-12-3-1-2-4-13(12)10-20/h1-6,9H,7-8,10-11H2. The predicted molar refractivity (Wildman–Crippen MR) is 82.5 cm³/mol. The Kier molecular flexibility index (Phi) is 4.29. The molecule has 22 heavy (non-hydrogen) atoms. The Morgan fingerprint density at radius 2 is 2.00 bits per heavy atom. The van der Waals surface area contributed by atoms with Crippen molar-refractivity contribution in [3.05, 3.63) is 64.4 Å². The van der Waals surface area contributed by atoms with Crippen LogP contribution in [0.3, 0.4) is 0 Å². The Balaban J connectivity index is 1.61. The van der Waals surface area contributed by atoms with Crippen molar-refractivity contribution in [1.82, 2.24) is 4.90 Å². The van der Waals surface area contributed by atoms with Crippen LogP contribution in [0.1, 0.15) is 11.1 Å². The molecule has 5 heteroatoms. The third-order valence-corrected chi connectivity index (χ3v) is 4.02. The van der Waals surface area contributed by atoms with E-state index in [1.807, 2.05) is 18.2 Å². The number of halogens is 2. The lowest BCUT2D eigenvalue weighted by Crippen LogP contribution is -2.38. The van der Waals surface area contributed by atoms with Crippen molar-refractivity contribution in [3.8, 4) is 5.75 Å². The van der Waals surface area contributed by atoms with E-state index < -0.39 is 5.82 Å². The highest BCUT2D eigenvalue weighted by molar-refractivity contribution is 6.32. The van der Waals surface area contributed by atoms with Gasteiger partial charge in [0.2, 0.25) is 0 Å². The van der Waals surface area contributed by atoms with Gasteiger partial charge in [0.1, 0.15) is 11.6 Å². The van der Waals surface area contributed by atoms with Gasteiger partial charge in [0.05, 0.1) is 5.02 Å². The van der Waals surface area contributed by atoms with Crippen molar-refractivity contribution in [3.63, 3.8) is 0 Å². The van der Waals surface area contributed by atoms with E-state index in [1.165, 1.54) is 29.3 Å². The van der Waals surface area contributed by atoms with Crippen molar-refractivity contribution >= 4 is 17.5 Å². The first kappa shape index (κ1) is 14.9. The molecular formula is C17H15ClFNO2. The molecule has 0 bridgehead atoms. The number of fused-ring (bicyclic) bond motifs is 1. The van der Waals surface area contributed by atoms with Crippen molar-refractivity contribution in [1.29, 1.82) is 0 Å². The van der Waals surface area contributed by atoms with Crippen molar-refractivity contribution in [2.45, 2.75) is 13.0 Å². The first-order chi connectivity index (χ1) is 10.6. The second-order valence-electron chi connectivity index (χ2n) is 5.20. The van der Waals surface area contributed by atoms with Crippen LogP contribution in [0.5, 0.6) is 5.75 Å². The molecule has 3 rings (SSSR count). The van der Waals surface area contributed by atoms with E-state index in [9.17, 15) is 9.18 Å². The Morgan fingerprint density at radius 1 is 1.23 bits per heavy atom. The number of carbonyl (C=O) groups is 1. The molecule has 0 saturated carbocycles. The maximum atomic E-state index is 13.0. The summed E-state index contributed by atoms with van der Waals surface area (Å²) in [5.41, 5.74) is 2.45. The Bertz CT molecular complexity index is 705. The van der Waals surface area contributed by atoms with Gasteiger partial charge in [-0.1, -0.05) is 35.9 Å². The number of nitrogens with zero attached hydrogens (tertiary/aromatic N) is 1. The first-order valence-electron chi connectivity index (χ1n) is 7.06. The van der Waals surface area contributed by atoms with Crippen LogP contribution in [0.2, 0.25) is 5.02 Å². The van der Waals surface area contributed by atoms with E-state index in [1.54, 1.807) is 4.90 Å². The smallest absolute Gasteiger partial charge is 0.260 e. The van der Waals surface area contributed by atoms with Gasteiger partial charge in [-0.15, -0.1) is 0 Å². The van der Waals surface area contributed by atoms with Gasteiger partial charge >= 0.3 is 0 Å². The van der Waals surface area contributed by atoms with Crippen LogP contribution in [0.15, 0.2) is 42.5 Å². The number of hydrogen-bond acceptors (Lipinski definition) is 2. The lowest BCUT2D eigenvalue weighted by atomic mass is 10.00. The summed E-state index contributed by atoms with van der Waals surface area (Å²) in [4.78, 5) is 14.0. The molecule has 1 aliphatic rings. The summed E-state index contributed by atoms with van der Waals surface area (Å²) in [7, 11) is 0. The third-order valence-electron chi connectivity index (χ3n) is 3.73. The number of amides is 1. The summed E-state index contributed by atoms with van der Waals surface area (Å²) in [5, 5.41) is 0.164. The number of hydrogen-bond donors (Lipinski definition) is 0. The second kappa shape index (κ2) is 6.36. The van der Waals surface area contributed by atoms with E-state index in [0.29, 0.717) is 18.8 Å². The van der Waals surface area contributed by atoms with Gasteiger partial charge in [-0.2, -0.15) is 0 Å². The maximum Gasteiger partial charge on any atom is 0.260 e. The quantitative estimate of drug-likeness (QED) is 0.867. The second-order valence-corrected chi connectivity index (χ2v) is 5.60. The number of benzene rings is 2. The van der Waals surface area contributed by atoms with Crippen LogP contribution in [-0.2, 0) is 17.8 Å². The van der Waals surface area contributed by atoms with Crippen molar-refractivity contribution in [2.24, 2.45) is 0 Å². The van der Waals surface area contributed by atoms with Gasteiger partial charge in [0.15, 0.2) is 6.61 Å². The molecular weight excluding hydrogens is 305 g/mol. The molecule has 114 valence electrons. The predicted octanol–water partition coefficient (Wildman–Crippen LogP) is 3.44. The van der Waals surface area contributed by atoms with Gasteiger partial charge < -0.3 is 9.64 Å². The van der Waals surface area contributed by atoms with E-state index in [4.69, 9.17) is 16.3 Å². The Labute approximate surface area is 133 Å². The average molecular weight is 320 g/mol. The zero-order valence-corrected chi connectivity index (χ0v) is 12.6. The molecule has 2 aromatic carbocycles. The molecule has 3 nitrogen and oxygen atoms in total. The summed E-state index contributed by atoms with van der Waals surface area (Å²) in [6.45, 7) is 1.17. The Hall–Kier alpha value is -2.07. The van der Waals surface area contributed by atoms with Crippen LogP contribution < -0.4 is 4.74 Å². The average Bonchev–Trinajstić information content (AvgIpc) is 2.53. The molecule has 0 aliphatic carbocycles. The molecule has 0 spiro atoms. The molecule has 0 N–H and O–H groups in total. The molecule has 0 fully saturated rings. The minimum absolute atomic E-state index is 0.102. The molecule has 1 heterocycles. The fraction of sp³-hybridized carbons (Fsp3) is 0.235. The highest BCUT2D eigenvalue weighted by Gasteiger charge is 2.20. The third kappa shape index (κ3) is 3.22. The van der Waals surface area contributed by atoms with E-state index in [-0.39, 0.29) is 17.5 Å². The molecule has 0 saturated heterocycles. The normalized spacial score (nSPS) is 13.6. The lowest BCUT2D eigenvalue weighted by Gasteiger charge is -2.28. The van der Waals surface area contributed by atoms with Crippen molar-refractivity contribution in [2.75, 3.05) is 13.2 Å². The highest BCUT2D eigenvalue weighted by Crippen LogP contribution is 2.25. The van der Waals surface area contributed by atoms with Crippen LogP contribution in [-0.4, -0.2) is 24.0 Å². The van der Waals surface area contributed by atoms with Crippen LogP contribution in [0, 0.1) is 5.82 Å².